The van der Waals surface area contributed by atoms with E-state index in [9.17, 15) is 18.0 Å². The van der Waals surface area contributed by atoms with Crippen molar-refractivity contribution in [2.45, 2.75) is 18.3 Å². The van der Waals surface area contributed by atoms with Gasteiger partial charge in [-0.2, -0.15) is 13.2 Å². The van der Waals surface area contributed by atoms with Crippen LogP contribution in [0.25, 0.3) is 0 Å². The van der Waals surface area contributed by atoms with E-state index < -0.39 is 24.2 Å². The van der Waals surface area contributed by atoms with Crippen molar-refractivity contribution in [3.63, 3.8) is 0 Å². The van der Waals surface area contributed by atoms with E-state index in [4.69, 9.17) is 5.73 Å². The van der Waals surface area contributed by atoms with Crippen molar-refractivity contribution in [3.05, 3.63) is 0 Å². The molecule has 1 aliphatic heterocycles. The normalized spacial score (nSPS) is 33.0. The summed E-state index contributed by atoms with van der Waals surface area (Å²) >= 11 is 0. The molecule has 1 rings (SSSR count). The van der Waals surface area contributed by atoms with Crippen LogP contribution in [0.2, 0.25) is 0 Å². The SMILES string of the molecule is N[C@@H]1C(=O)N[C@H]1C(F)(F)F. The van der Waals surface area contributed by atoms with Crippen LogP contribution >= 0.6 is 0 Å². The Hall–Kier alpha value is -0.780. The van der Waals surface area contributed by atoms with Crippen LogP contribution in [0.15, 0.2) is 0 Å². The van der Waals surface area contributed by atoms with Crippen molar-refractivity contribution < 1.29 is 18.0 Å². The van der Waals surface area contributed by atoms with Gasteiger partial charge in [-0.3, -0.25) is 4.79 Å². The minimum absolute atomic E-state index is 0.748. The lowest BCUT2D eigenvalue weighted by molar-refractivity contribution is -0.184. The van der Waals surface area contributed by atoms with Crippen LogP contribution in [-0.2, 0) is 4.79 Å². The van der Waals surface area contributed by atoms with Crippen molar-refractivity contribution in [1.29, 1.82) is 0 Å². The van der Waals surface area contributed by atoms with Gasteiger partial charge in [0.25, 0.3) is 0 Å². The molecule has 0 aromatic heterocycles. The minimum Gasteiger partial charge on any atom is -0.341 e. The van der Waals surface area contributed by atoms with E-state index in [1.807, 2.05) is 0 Å². The summed E-state index contributed by atoms with van der Waals surface area (Å²) in [6, 6.07) is -3.26. The van der Waals surface area contributed by atoms with E-state index in [1.54, 1.807) is 5.32 Å². The third-order valence-corrected chi connectivity index (χ3v) is 1.31. The summed E-state index contributed by atoms with van der Waals surface area (Å²) in [6.07, 6.45) is -4.41. The first-order valence-electron chi connectivity index (χ1n) is 2.55. The summed E-state index contributed by atoms with van der Waals surface area (Å²) in [5, 5.41) is 1.64. The molecule has 3 nitrogen and oxygen atoms in total. The van der Waals surface area contributed by atoms with Gasteiger partial charge in [0, 0.05) is 0 Å². The largest absolute Gasteiger partial charge is 0.410 e. The van der Waals surface area contributed by atoms with Gasteiger partial charge in [0.1, 0.15) is 12.1 Å². The van der Waals surface area contributed by atoms with E-state index in [1.165, 1.54) is 0 Å². The Bertz CT molecular complexity index is 166. The number of nitrogens with one attached hydrogen (secondary N) is 1. The lowest BCUT2D eigenvalue weighted by Crippen LogP contribution is -2.71. The van der Waals surface area contributed by atoms with Gasteiger partial charge in [-0.25, -0.2) is 0 Å². The second-order valence-corrected chi connectivity index (χ2v) is 2.05. The molecule has 0 radical (unpaired) electrons. The van der Waals surface area contributed by atoms with Crippen LogP contribution in [0.5, 0.6) is 0 Å². The number of nitrogens with two attached hydrogens (primary N) is 1. The third kappa shape index (κ3) is 0.942. The van der Waals surface area contributed by atoms with Gasteiger partial charge < -0.3 is 11.1 Å². The molecule has 0 aliphatic carbocycles. The molecule has 0 bridgehead atoms. The fraction of sp³-hybridized carbons (Fsp3) is 0.750. The summed E-state index contributed by atoms with van der Waals surface area (Å²) in [5.74, 6) is -0.748. The van der Waals surface area contributed by atoms with E-state index in [0.29, 0.717) is 0 Å². The smallest absolute Gasteiger partial charge is 0.341 e. The zero-order valence-electron chi connectivity index (χ0n) is 4.77. The van der Waals surface area contributed by atoms with E-state index in [-0.39, 0.29) is 0 Å². The van der Waals surface area contributed by atoms with Crippen molar-refractivity contribution in [3.8, 4) is 0 Å². The number of hydrogen-bond donors (Lipinski definition) is 2. The molecule has 0 spiro atoms. The molecule has 1 heterocycles. The van der Waals surface area contributed by atoms with Crippen LogP contribution in [-0.4, -0.2) is 24.2 Å². The Morgan fingerprint density at radius 2 is 2.00 bits per heavy atom. The first-order valence-corrected chi connectivity index (χ1v) is 2.55. The maximum atomic E-state index is 11.6. The first-order chi connectivity index (χ1) is 4.43. The molecule has 0 aromatic carbocycles. The van der Waals surface area contributed by atoms with Gasteiger partial charge in [0.2, 0.25) is 5.91 Å². The standard InChI is InChI=1S/C4H5F3N2O/c5-4(6,7)2-1(8)3(10)9-2/h1-2H,8H2,(H,9,10)/t1-,2+/m0/s1. The summed E-state index contributed by atoms with van der Waals surface area (Å²) in [4.78, 5) is 10.2. The topological polar surface area (TPSA) is 55.1 Å². The van der Waals surface area contributed by atoms with Crippen LogP contribution in [0, 0.1) is 0 Å². The number of β-lactam (4-membered cyclic amide) rings is 1. The van der Waals surface area contributed by atoms with Gasteiger partial charge in [-0.1, -0.05) is 0 Å². The number of amides is 1. The summed E-state index contributed by atoms with van der Waals surface area (Å²) in [6.45, 7) is 0. The molecular formula is C4H5F3N2O. The molecule has 1 amide bonds. The van der Waals surface area contributed by atoms with Crippen LogP contribution < -0.4 is 11.1 Å². The molecule has 58 valence electrons. The Labute approximate surface area is 54.4 Å². The molecule has 1 fully saturated rings. The Kier molecular flexibility index (Phi) is 1.36. The fourth-order valence-electron chi connectivity index (χ4n) is 0.680. The second kappa shape index (κ2) is 1.85. The predicted molar refractivity (Wildman–Crippen MR) is 26.0 cm³/mol. The quantitative estimate of drug-likeness (QED) is 0.456. The summed E-state index contributed by atoms with van der Waals surface area (Å²) in [7, 11) is 0. The molecule has 2 atom stereocenters. The molecule has 0 unspecified atom stereocenters. The van der Waals surface area contributed by atoms with E-state index in [2.05, 4.69) is 0 Å². The highest BCUT2D eigenvalue weighted by molar-refractivity contribution is 5.89. The third-order valence-electron chi connectivity index (χ3n) is 1.31. The maximum absolute atomic E-state index is 11.6. The second-order valence-electron chi connectivity index (χ2n) is 2.05. The van der Waals surface area contributed by atoms with Gasteiger partial charge in [0.15, 0.2) is 0 Å². The van der Waals surface area contributed by atoms with E-state index in [0.717, 1.165) is 0 Å². The number of carbonyl (C=O) groups is 1. The van der Waals surface area contributed by atoms with Gasteiger partial charge in [-0.15, -0.1) is 0 Å². The molecule has 1 aliphatic rings. The van der Waals surface area contributed by atoms with Crippen LogP contribution in [0.4, 0.5) is 13.2 Å². The zero-order chi connectivity index (χ0) is 7.94. The molecule has 0 saturated carbocycles. The Morgan fingerprint density at radius 3 is 2.10 bits per heavy atom. The van der Waals surface area contributed by atoms with Gasteiger partial charge in [-0.05, 0) is 0 Å². The summed E-state index contributed by atoms with van der Waals surface area (Å²) < 4.78 is 34.9. The molecule has 10 heavy (non-hydrogen) atoms. The van der Waals surface area contributed by atoms with E-state index >= 15 is 0 Å². The number of hydrogen-bond acceptors (Lipinski definition) is 2. The highest BCUT2D eigenvalue weighted by atomic mass is 19.4. The maximum Gasteiger partial charge on any atom is 0.410 e. The minimum atomic E-state index is -4.41. The lowest BCUT2D eigenvalue weighted by Gasteiger charge is -2.34. The molecule has 3 N–H and O–H groups in total. The monoisotopic (exact) mass is 154 g/mol. The lowest BCUT2D eigenvalue weighted by atomic mass is 10.00. The molecule has 1 saturated heterocycles. The van der Waals surface area contributed by atoms with Crippen molar-refractivity contribution in [2.24, 2.45) is 5.73 Å². The fourth-order valence-corrected chi connectivity index (χ4v) is 0.680. The first kappa shape index (κ1) is 7.33. The van der Waals surface area contributed by atoms with Gasteiger partial charge in [0.05, 0.1) is 0 Å². The summed E-state index contributed by atoms with van der Waals surface area (Å²) in [5.41, 5.74) is 4.82. The predicted octanol–water partition coefficient (Wildman–Crippen LogP) is -0.626. The number of halogens is 3. The number of rotatable bonds is 0. The van der Waals surface area contributed by atoms with Gasteiger partial charge >= 0.3 is 6.18 Å². The van der Waals surface area contributed by atoms with Crippen LogP contribution in [0.1, 0.15) is 0 Å². The number of carbonyl (C=O) groups excluding carboxylic acids is 1. The Morgan fingerprint density at radius 1 is 1.50 bits per heavy atom. The van der Waals surface area contributed by atoms with Crippen LogP contribution in [0.3, 0.4) is 0 Å². The van der Waals surface area contributed by atoms with Crippen molar-refractivity contribution in [2.75, 3.05) is 0 Å². The van der Waals surface area contributed by atoms with Crippen molar-refractivity contribution >= 4 is 5.91 Å². The van der Waals surface area contributed by atoms with Crippen molar-refractivity contribution in [1.82, 2.24) is 5.32 Å². The average molecular weight is 154 g/mol. The molecular weight excluding hydrogens is 149 g/mol. The highest BCUT2D eigenvalue weighted by Gasteiger charge is 2.53. The highest BCUT2D eigenvalue weighted by Crippen LogP contribution is 2.25. The Balaban J connectivity index is 2.56. The molecule has 0 aromatic rings. The molecule has 6 heteroatoms. The average Bonchev–Trinajstić information content (AvgIpc) is 1.79. The number of alkyl halides is 3. The zero-order valence-corrected chi connectivity index (χ0v) is 4.77.